The van der Waals surface area contributed by atoms with Gasteiger partial charge in [-0.2, -0.15) is 0 Å². The van der Waals surface area contributed by atoms with Crippen LogP contribution in [0.3, 0.4) is 0 Å². The maximum atomic E-state index is 14.8. The van der Waals surface area contributed by atoms with Crippen LogP contribution in [-0.4, -0.2) is 91.4 Å². The van der Waals surface area contributed by atoms with Crippen molar-refractivity contribution < 1.29 is 41.8 Å². The Morgan fingerprint density at radius 3 is 2.57 bits per heavy atom. The summed E-state index contributed by atoms with van der Waals surface area (Å²) in [4.78, 5) is 63.3. The number of carbonyl (C=O) groups excluding carboxylic acids is 4. The molecule has 14 nitrogen and oxygen atoms in total. The summed E-state index contributed by atoms with van der Waals surface area (Å²) in [5.41, 5.74) is 1.04. The lowest BCUT2D eigenvalue weighted by Gasteiger charge is -2.30. The summed E-state index contributed by atoms with van der Waals surface area (Å²) in [7, 11) is -2.30. The second-order valence-corrected chi connectivity index (χ2v) is 19.8. The molecule has 0 radical (unpaired) electrons. The maximum absolute atomic E-state index is 14.8. The quantitative estimate of drug-likeness (QED) is 0.251. The highest BCUT2D eigenvalue weighted by Crippen LogP contribution is 2.46. The van der Waals surface area contributed by atoms with Crippen molar-refractivity contribution in [3.8, 4) is 22.8 Å². The second kappa shape index (κ2) is 17.1. The minimum atomic E-state index is -3.91. The number of alkyl carbamates (subject to hydrolysis) is 1. The summed E-state index contributed by atoms with van der Waals surface area (Å²) in [6, 6.07) is 13.3. The van der Waals surface area contributed by atoms with Crippen LogP contribution in [0.5, 0.6) is 11.5 Å². The highest BCUT2D eigenvalue weighted by Gasteiger charge is 2.62. The standard InChI is InChI=1S/C46H55N5O9S/c1-45(2)21-13-12-16-30-22-34-37(25-39(30)58-3)47-36(29-14-8-7-9-15-29)24-40(34)60-32-23-38-41(52)49-46(43(54)50-61(56,57)33-19-20-33)26-31(46)17-10-5-4-6-11-18-35(42(53)51(38)27-32)48-44(55)59-28-45/h7-10,12,14-17,22,24-25,31-33,35,38H,4-6,11,13,18-21,23,26-28H2,1-3H3,(H,48,55)(H,49,52)(H,50,54)/b16-12+,17-10-/t31-,32-,35+,38+,46-/m1/s1. The molecule has 15 heteroatoms. The smallest absolute Gasteiger partial charge is 0.407 e. The van der Waals surface area contributed by atoms with Gasteiger partial charge in [-0.3, -0.25) is 19.1 Å². The van der Waals surface area contributed by atoms with E-state index in [4.69, 9.17) is 19.2 Å². The van der Waals surface area contributed by atoms with Crippen LogP contribution in [0.2, 0.25) is 0 Å². The van der Waals surface area contributed by atoms with Crippen LogP contribution >= 0.6 is 0 Å². The van der Waals surface area contributed by atoms with Crippen molar-refractivity contribution in [1.29, 1.82) is 0 Å². The zero-order chi connectivity index (χ0) is 42.9. The SMILES string of the molecule is COc1cc2nc(-c3ccccc3)cc3c2cc1/C=C/CCC(C)(C)COC(=O)N[C@H]1CCCCC/C=C\[C@@H]2C[C@@]2(C(=O)NS(=O)(=O)C2CC2)NC(=O)[C@@H]2C[C@H](CN2C1=O)O3. The van der Waals surface area contributed by atoms with E-state index >= 15 is 0 Å². The molecule has 3 fully saturated rings. The fourth-order valence-electron chi connectivity index (χ4n) is 8.63. The van der Waals surface area contributed by atoms with Crippen molar-refractivity contribution in [3.63, 3.8) is 0 Å². The molecular formula is C46H55N5O9S. The van der Waals surface area contributed by atoms with Crippen LogP contribution in [0.15, 0.2) is 66.8 Å². The highest BCUT2D eigenvalue weighted by molar-refractivity contribution is 7.91. The number of amides is 4. The van der Waals surface area contributed by atoms with Crippen molar-refractivity contribution >= 4 is 50.8 Å². The van der Waals surface area contributed by atoms with Crippen molar-refractivity contribution in [2.24, 2.45) is 11.3 Å². The van der Waals surface area contributed by atoms with Gasteiger partial charge in [0, 0.05) is 41.0 Å². The summed E-state index contributed by atoms with van der Waals surface area (Å²) in [5.74, 6) is -1.20. The van der Waals surface area contributed by atoms with Gasteiger partial charge in [-0.15, -0.1) is 0 Å². The Labute approximate surface area is 356 Å². The zero-order valence-corrected chi connectivity index (χ0v) is 35.8. The lowest BCUT2D eigenvalue weighted by Crippen LogP contribution is -2.58. The zero-order valence-electron chi connectivity index (χ0n) is 35.0. The molecular weight excluding hydrogens is 799 g/mol. The van der Waals surface area contributed by atoms with Gasteiger partial charge < -0.3 is 29.7 Å². The Bertz CT molecular complexity index is 2360. The number of sulfonamides is 1. The van der Waals surface area contributed by atoms with E-state index in [2.05, 4.69) is 21.4 Å². The van der Waals surface area contributed by atoms with Crippen LogP contribution in [0.4, 0.5) is 4.79 Å². The number of ether oxygens (including phenoxy) is 3. The number of allylic oxidation sites excluding steroid dienone is 2. The molecule has 8 rings (SSSR count). The molecule has 3 aromatic rings. The number of hydrogen-bond acceptors (Lipinski definition) is 10. The fourth-order valence-corrected chi connectivity index (χ4v) is 9.99. The first-order chi connectivity index (χ1) is 29.2. The first-order valence-corrected chi connectivity index (χ1v) is 23.0. The molecule has 5 aliphatic rings. The van der Waals surface area contributed by atoms with Gasteiger partial charge in [0.25, 0.3) is 5.91 Å². The van der Waals surface area contributed by atoms with Gasteiger partial charge in [-0.1, -0.05) is 81.3 Å². The number of aromatic nitrogens is 1. The average Bonchev–Trinajstić information content (AvgIpc) is 4.17. The van der Waals surface area contributed by atoms with Gasteiger partial charge >= 0.3 is 6.09 Å². The molecule has 2 aliphatic carbocycles. The van der Waals surface area contributed by atoms with E-state index in [-0.39, 0.29) is 31.4 Å². The summed E-state index contributed by atoms with van der Waals surface area (Å²) < 4.78 is 46.6. The maximum Gasteiger partial charge on any atom is 0.407 e. The Morgan fingerprint density at radius 2 is 1.80 bits per heavy atom. The molecule has 3 aliphatic heterocycles. The molecule has 4 heterocycles. The predicted molar refractivity (Wildman–Crippen MR) is 230 cm³/mol. The van der Waals surface area contributed by atoms with Gasteiger partial charge in [0.2, 0.25) is 21.8 Å². The molecule has 61 heavy (non-hydrogen) atoms. The van der Waals surface area contributed by atoms with Crippen LogP contribution in [-0.2, 0) is 29.1 Å². The molecule has 0 spiro atoms. The molecule has 2 aromatic carbocycles. The van der Waals surface area contributed by atoms with Crippen molar-refractivity contribution in [2.75, 3.05) is 20.3 Å². The van der Waals surface area contributed by atoms with Gasteiger partial charge in [-0.25, -0.2) is 18.2 Å². The number of nitrogens with one attached hydrogen (secondary N) is 3. The highest BCUT2D eigenvalue weighted by atomic mass is 32.2. The van der Waals surface area contributed by atoms with E-state index < -0.39 is 68.7 Å². The number of rotatable bonds is 5. The van der Waals surface area contributed by atoms with Gasteiger partial charge in [0.15, 0.2) is 0 Å². The number of nitrogens with zero attached hydrogens (tertiary/aromatic N) is 2. The van der Waals surface area contributed by atoms with E-state index in [0.717, 1.165) is 24.0 Å². The largest absolute Gasteiger partial charge is 0.496 e. The third kappa shape index (κ3) is 9.41. The van der Waals surface area contributed by atoms with E-state index in [1.165, 1.54) is 4.90 Å². The molecule has 1 saturated heterocycles. The number of cyclic esters (lactones) is 1. The van der Waals surface area contributed by atoms with Gasteiger partial charge in [0.05, 0.1) is 36.7 Å². The number of benzene rings is 2. The molecule has 1 aromatic heterocycles. The van der Waals surface area contributed by atoms with Gasteiger partial charge in [-0.05, 0) is 62.8 Å². The summed E-state index contributed by atoms with van der Waals surface area (Å²) in [6.07, 6.45) is 12.2. The van der Waals surface area contributed by atoms with Crippen molar-refractivity contribution in [2.45, 2.75) is 113 Å². The van der Waals surface area contributed by atoms with Crippen LogP contribution in [0, 0.1) is 11.3 Å². The lowest BCUT2D eigenvalue weighted by atomic mass is 9.88. The Morgan fingerprint density at radius 1 is 1.00 bits per heavy atom. The lowest BCUT2D eigenvalue weighted by molar-refractivity contribution is -0.141. The Kier molecular flexibility index (Phi) is 11.9. The molecule has 324 valence electrons. The fraction of sp³-hybridized carbons (Fsp3) is 0.500. The number of methoxy groups -OCH3 is 1. The Hall–Kier alpha value is -5.44. The van der Waals surface area contributed by atoms with Crippen molar-refractivity contribution in [1.82, 2.24) is 25.2 Å². The van der Waals surface area contributed by atoms with Crippen LogP contribution < -0.4 is 24.8 Å². The molecule has 2 saturated carbocycles. The summed E-state index contributed by atoms with van der Waals surface area (Å²) >= 11 is 0. The molecule has 5 atom stereocenters. The Balaban J connectivity index is 1.20. The third-order valence-corrected chi connectivity index (χ3v) is 14.3. The monoisotopic (exact) mass is 853 g/mol. The van der Waals surface area contributed by atoms with Crippen molar-refractivity contribution in [3.05, 3.63) is 72.3 Å². The first-order valence-electron chi connectivity index (χ1n) is 21.5. The van der Waals surface area contributed by atoms with E-state index in [9.17, 15) is 27.6 Å². The number of carbonyl (C=O) groups is 4. The number of fused-ring (bicyclic) bond motifs is 4. The molecule has 4 amide bonds. The number of pyridine rings is 1. The molecule has 5 bridgehead atoms. The topological polar surface area (TPSA) is 182 Å². The first kappa shape index (κ1) is 42.3. The van der Waals surface area contributed by atoms with Crippen LogP contribution in [0.25, 0.3) is 28.2 Å². The van der Waals surface area contributed by atoms with Gasteiger partial charge in [0.1, 0.15) is 35.2 Å². The van der Waals surface area contributed by atoms with E-state index in [1.807, 2.05) is 80.6 Å². The third-order valence-electron chi connectivity index (χ3n) is 12.5. The number of hydrogen-bond donors (Lipinski definition) is 3. The summed E-state index contributed by atoms with van der Waals surface area (Å²) in [5, 5.41) is 5.83. The average molecular weight is 854 g/mol. The molecule has 3 N–H and O–H groups in total. The van der Waals surface area contributed by atoms with Crippen LogP contribution in [0.1, 0.15) is 90.0 Å². The van der Waals surface area contributed by atoms with E-state index in [1.54, 1.807) is 7.11 Å². The minimum absolute atomic E-state index is 0.0107. The normalized spacial score (nSPS) is 28.2. The predicted octanol–water partition coefficient (Wildman–Crippen LogP) is 6.19. The minimum Gasteiger partial charge on any atom is -0.496 e. The molecule has 0 unspecified atom stereocenters. The summed E-state index contributed by atoms with van der Waals surface area (Å²) in [6.45, 7) is 4.14. The van der Waals surface area contributed by atoms with E-state index in [0.29, 0.717) is 73.0 Å². The second-order valence-electron chi connectivity index (χ2n) is 17.9.